The van der Waals surface area contributed by atoms with Gasteiger partial charge in [-0.25, -0.2) is 4.79 Å². The lowest BCUT2D eigenvalue weighted by Gasteiger charge is -2.09. The van der Waals surface area contributed by atoms with Crippen molar-refractivity contribution < 1.29 is 28.7 Å². The van der Waals surface area contributed by atoms with Crippen molar-refractivity contribution in [2.24, 2.45) is 0 Å². The molecule has 0 atom stereocenters. The molecule has 130 valence electrons. The molecule has 2 aromatic carbocycles. The van der Waals surface area contributed by atoms with E-state index in [0.717, 1.165) is 0 Å². The third-order valence-corrected chi connectivity index (χ3v) is 3.18. The van der Waals surface area contributed by atoms with E-state index in [1.165, 1.54) is 25.3 Å². The van der Waals surface area contributed by atoms with Gasteiger partial charge in [-0.3, -0.25) is 14.9 Å². The number of nitro benzene ring substituents is 1. The highest BCUT2D eigenvalue weighted by atomic mass is 16.6. The summed E-state index contributed by atoms with van der Waals surface area (Å²) in [6, 6.07) is 12.2. The van der Waals surface area contributed by atoms with Gasteiger partial charge in [0.05, 0.1) is 17.6 Å². The van der Waals surface area contributed by atoms with Crippen LogP contribution in [-0.4, -0.2) is 37.0 Å². The van der Waals surface area contributed by atoms with Crippen LogP contribution in [0.5, 0.6) is 11.5 Å². The van der Waals surface area contributed by atoms with Gasteiger partial charge in [-0.15, -0.1) is 0 Å². The Morgan fingerprint density at radius 1 is 1.00 bits per heavy atom. The van der Waals surface area contributed by atoms with E-state index in [0.29, 0.717) is 5.75 Å². The van der Waals surface area contributed by atoms with Crippen molar-refractivity contribution in [1.29, 1.82) is 0 Å². The summed E-state index contributed by atoms with van der Waals surface area (Å²) in [5.41, 5.74) is 0.0258. The van der Waals surface area contributed by atoms with E-state index >= 15 is 0 Å². The highest BCUT2D eigenvalue weighted by Crippen LogP contribution is 2.25. The Hall–Kier alpha value is -3.42. The molecule has 2 rings (SSSR count). The minimum Gasteiger partial charge on any atom is -0.496 e. The van der Waals surface area contributed by atoms with Gasteiger partial charge in [-0.05, 0) is 18.2 Å². The number of hydrogen-bond donors (Lipinski definition) is 0. The van der Waals surface area contributed by atoms with E-state index in [9.17, 15) is 19.7 Å². The minimum absolute atomic E-state index is 0.0551. The predicted octanol–water partition coefficient (Wildman–Crippen LogP) is 2.41. The molecule has 0 amide bonds. The van der Waals surface area contributed by atoms with Crippen LogP contribution in [0.2, 0.25) is 0 Å². The van der Waals surface area contributed by atoms with Crippen LogP contribution >= 0.6 is 0 Å². The van der Waals surface area contributed by atoms with Gasteiger partial charge in [0.1, 0.15) is 5.75 Å². The zero-order chi connectivity index (χ0) is 18.2. The van der Waals surface area contributed by atoms with Gasteiger partial charge >= 0.3 is 11.7 Å². The average molecular weight is 345 g/mol. The topological polar surface area (TPSA) is 105 Å². The number of Topliss-reactive ketones (excluding diaryl/α,β-unsaturated/α-hetero) is 1. The Morgan fingerprint density at radius 3 is 2.32 bits per heavy atom. The van der Waals surface area contributed by atoms with Gasteiger partial charge in [-0.2, -0.15) is 0 Å². The number of methoxy groups -OCH3 is 1. The van der Waals surface area contributed by atoms with Gasteiger partial charge in [-0.1, -0.05) is 24.3 Å². The molecule has 8 nitrogen and oxygen atoms in total. The molecule has 0 aliphatic carbocycles. The second-order valence-electron chi connectivity index (χ2n) is 4.80. The number of carbonyl (C=O) groups excluding carboxylic acids is 2. The summed E-state index contributed by atoms with van der Waals surface area (Å²) in [7, 11) is 1.43. The molecule has 0 bridgehead atoms. The molecule has 0 unspecified atom stereocenters. The van der Waals surface area contributed by atoms with E-state index in [4.69, 9.17) is 14.2 Å². The normalized spacial score (nSPS) is 9.96. The summed E-state index contributed by atoms with van der Waals surface area (Å²) in [5.74, 6) is -0.932. The number of rotatable bonds is 8. The molecule has 8 heteroatoms. The quantitative estimate of drug-likeness (QED) is 0.313. The number of ether oxygens (including phenoxy) is 3. The third-order valence-electron chi connectivity index (χ3n) is 3.18. The molecule has 0 fully saturated rings. The van der Waals surface area contributed by atoms with Crippen molar-refractivity contribution >= 4 is 17.4 Å². The van der Waals surface area contributed by atoms with Gasteiger partial charge < -0.3 is 14.2 Å². The monoisotopic (exact) mass is 345 g/mol. The summed E-state index contributed by atoms with van der Waals surface area (Å²) < 4.78 is 15.0. The Labute approximate surface area is 143 Å². The molecule has 2 aromatic rings. The Morgan fingerprint density at radius 2 is 1.64 bits per heavy atom. The summed E-state index contributed by atoms with van der Waals surface area (Å²) in [6.45, 7) is -1.04. The molecule has 0 N–H and O–H groups in total. The number of hydrogen-bond acceptors (Lipinski definition) is 7. The molecule has 0 heterocycles. The SMILES string of the molecule is COc1ccccc1C(=O)COC(=O)COc1ccccc1[N+](=O)[O-]. The van der Waals surface area contributed by atoms with Crippen LogP contribution in [0.25, 0.3) is 0 Å². The fourth-order valence-electron chi connectivity index (χ4n) is 2.01. The van der Waals surface area contributed by atoms with Crippen LogP contribution in [0.4, 0.5) is 5.69 Å². The van der Waals surface area contributed by atoms with Crippen LogP contribution in [0.1, 0.15) is 10.4 Å². The van der Waals surface area contributed by atoms with Gasteiger partial charge in [0.25, 0.3) is 0 Å². The number of nitro groups is 1. The first-order valence-electron chi connectivity index (χ1n) is 7.21. The lowest BCUT2D eigenvalue weighted by Crippen LogP contribution is -2.20. The van der Waals surface area contributed by atoms with Crippen molar-refractivity contribution in [3.8, 4) is 11.5 Å². The van der Waals surface area contributed by atoms with Crippen LogP contribution in [0.15, 0.2) is 48.5 Å². The van der Waals surface area contributed by atoms with E-state index in [1.54, 1.807) is 30.3 Å². The lowest BCUT2D eigenvalue weighted by molar-refractivity contribution is -0.385. The number of benzene rings is 2. The van der Waals surface area contributed by atoms with Crippen LogP contribution in [0.3, 0.4) is 0 Å². The van der Waals surface area contributed by atoms with Crippen molar-refractivity contribution in [3.05, 3.63) is 64.2 Å². The smallest absolute Gasteiger partial charge is 0.344 e. The molecule has 0 aliphatic rings. The molecule has 0 saturated heterocycles. The van der Waals surface area contributed by atoms with Gasteiger partial charge in [0.15, 0.2) is 19.0 Å². The van der Waals surface area contributed by atoms with E-state index in [2.05, 4.69) is 0 Å². The van der Waals surface area contributed by atoms with Crippen LogP contribution in [-0.2, 0) is 9.53 Å². The summed E-state index contributed by atoms with van der Waals surface area (Å²) in [5, 5.41) is 10.9. The first-order chi connectivity index (χ1) is 12.0. The maximum atomic E-state index is 12.1. The molecule has 25 heavy (non-hydrogen) atoms. The minimum atomic E-state index is -0.818. The fourth-order valence-corrected chi connectivity index (χ4v) is 2.01. The molecule has 0 saturated carbocycles. The highest BCUT2D eigenvalue weighted by molar-refractivity contribution is 6.00. The molecular formula is C17H15NO7. The van der Waals surface area contributed by atoms with E-state index in [1.807, 2.05) is 0 Å². The Balaban J connectivity index is 1.89. The zero-order valence-electron chi connectivity index (χ0n) is 13.3. The van der Waals surface area contributed by atoms with Crippen molar-refractivity contribution in [3.63, 3.8) is 0 Å². The summed E-state index contributed by atoms with van der Waals surface area (Å²) in [6.07, 6.45) is 0. The summed E-state index contributed by atoms with van der Waals surface area (Å²) in [4.78, 5) is 34.0. The van der Waals surface area contributed by atoms with Gasteiger partial charge in [0.2, 0.25) is 5.78 Å². The molecule has 0 aliphatic heterocycles. The average Bonchev–Trinajstić information content (AvgIpc) is 2.64. The molecular weight excluding hydrogens is 330 g/mol. The first-order valence-corrected chi connectivity index (χ1v) is 7.21. The van der Waals surface area contributed by atoms with Crippen LogP contribution in [0, 0.1) is 10.1 Å². The van der Waals surface area contributed by atoms with Gasteiger partial charge in [0, 0.05) is 6.07 Å². The van der Waals surface area contributed by atoms with E-state index in [-0.39, 0.29) is 17.0 Å². The first kappa shape index (κ1) is 17.9. The molecule has 0 spiro atoms. The molecule has 0 radical (unpaired) electrons. The van der Waals surface area contributed by atoms with E-state index < -0.39 is 29.9 Å². The highest BCUT2D eigenvalue weighted by Gasteiger charge is 2.17. The fraction of sp³-hybridized carbons (Fsp3) is 0.176. The number of esters is 1. The lowest BCUT2D eigenvalue weighted by atomic mass is 10.1. The number of para-hydroxylation sites is 3. The maximum Gasteiger partial charge on any atom is 0.344 e. The van der Waals surface area contributed by atoms with Crippen molar-refractivity contribution in [2.75, 3.05) is 20.3 Å². The van der Waals surface area contributed by atoms with Crippen LogP contribution < -0.4 is 9.47 Å². The Bertz CT molecular complexity index is 788. The third kappa shape index (κ3) is 4.77. The number of ketones is 1. The zero-order valence-corrected chi connectivity index (χ0v) is 13.3. The number of nitrogens with zero attached hydrogens (tertiary/aromatic N) is 1. The second-order valence-corrected chi connectivity index (χ2v) is 4.80. The largest absolute Gasteiger partial charge is 0.496 e. The maximum absolute atomic E-state index is 12.1. The molecule has 0 aromatic heterocycles. The second kappa shape index (κ2) is 8.44. The predicted molar refractivity (Wildman–Crippen MR) is 86.9 cm³/mol. The Kier molecular flexibility index (Phi) is 6.05. The summed E-state index contributed by atoms with van der Waals surface area (Å²) >= 11 is 0. The standard InChI is InChI=1S/C17H15NO7/c1-23-15-8-4-2-6-12(15)14(19)10-25-17(20)11-24-16-9-5-3-7-13(16)18(21)22/h2-9H,10-11H2,1H3. The van der Waals surface area contributed by atoms with Crippen molar-refractivity contribution in [2.45, 2.75) is 0 Å². The number of carbonyl (C=O) groups is 2. The van der Waals surface area contributed by atoms with Crippen molar-refractivity contribution in [1.82, 2.24) is 0 Å².